The summed E-state index contributed by atoms with van der Waals surface area (Å²) in [5.74, 6) is 0.703. The molecular formula is C16H18N2OS2. The van der Waals surface area contributed by atoms with E-state index in [9.17, 15) is 4.79 Å². The molecule has 21 heavy (non-hydrogen) atoms. The predicted octanol–water partition coefficient (Wildman–Crippen LogP) is 3.32. The van der Waals surface area contributed by atoms with Crippen LogP contribution in [0, 0.1) is 6.92 Å². The number of aryl methyl sites for hydroxylation is 1. The second-order valence-corrected chi connectivity index (χ2v) is 7.29. The first-order chi connectivity index (χ1) is 10.1. The second kappa shape index (κ2) is 6.12. The predicted molar refractivity (Wildman–Crippen MR) is 89.8 cm³/mol. The number of nitrogen functional groups attached to an aromatic ring is 1. The molecule has 2 aromatic rings. The van der Waals surface area contributed by atoms with Gasteiger partial charge in [0.2, 0.25) is 5.91 Å². The zero-order chi connectivity index (χ0) is 14.8. The van der Waals surface area contributed by atoms with Gasteiger partial charge in [-0.15, -0.1) is 23.1 Å². The fraction of sp³-hybridized carbons (Fsp3) is 0.312. The minimum Gasteiger partial charge on any atom is -0.399 e. The number of thiophene rings is 1. The number of nitrogens with two attached hydrogens (primary N) is 1. The van der Waals surface area contributed by atoms with E-state index in [4.69, 9.17) is 5.73 Å². The average molecular weight is 318 g/mol. The van der Waals surface area contributed by atoms with Crippen LogP contribution in [0.5, 0.6) is 0 Å². The molecule has 0 radical (unpaired) electrons. The molecule has 1 aromatic heterocycles. The van der Waals surface area contributed by atoms with Gasteiger partial charge in [-0.2, -0.15) is 0 Å². The summed E-state index contributed by atoms with van der Waals surface area (Å²) in [6, 6.07) is 8.06. The van der Waals surface area contributed by atoms with Gasteiger partial charge in [0.1, 0.15) is 0 Å². The molecule has 1 aliphatic heterocycles. The van der Waals surface area contributed by atoms with E-state index in [2.05, 4.69) is 11.4 Å². The van der Waals surface area contributed by atoms with Crippen molar-refractivity contribution in [3.05, 3.63) is 45.6 Å². The third-order valence-electron chi connectivity index (χ3n) is 3.76. The van der Waals surface area contributed by atoms with Crippen LogP contribution in [0.25, 0.3) is 0 Å². The zero-order valence-corrected chi connectivity index (χ0v) is 13.6. The number of carbonyl (C=O) groups is 1. The highest BCUT2D eigenvalue weighted by Gasteiger charge is 2.21. The van der Waals surface area contributed by atoms with Crippen molar-refractivity contribution in [2.45, 2.75) is 24.8 Å². The van der Waals surface area contributed by atoms with Crippen molar-refractivity contribution in [3.8, 4) is 0 Å². The highest BCUT2D eigenvalue weighted by Crippen LogP contribution is 2.26. The summed E-state index contributed by atoms with van der Waals surface area (Å²) in [4.78, 5) is 16.8. The molecule has 0 atom stereocenters. The Morgan fingerprint density at radius 3 is 3.10 bits per heavy atom. The van der Waals surface area contributed by atoms with Crippen molar-refractivity contribution < 1.29 is 4.79 Å². The minimum absolute atomic E-state index is 0.214. The van der Waals surface area contributed by atoms with Crippen LogP contribution in [-0.4, -0.2) is 23.1 Å². The van der Waals surface area contributed by atoms with Crippen LogP contribution in [0.2, 0.25) is 0 Å². The topological polar surface area (TPSA) is 46.3 Å². The summed E-state index contributed by atoms with van der Waals surface area (Å²) in [5, 5.41) is 2.12. The summed E-state index contributed by atoms with van der Waals surface area (Å²) in [6.45, 7) is 3.59. The molecule has 0 fully saturated rings. The lowest BCUT2D eigenvalue weighted by Gasteiger charge is -2.27. The fourth-order valence-electron chi connectivity index (χ4n) is 2.44. The van der Waals surface area contributed by atoms with Gasteiger partial charge in [0.15, 0.2) is 0 Å². The van der Waals surface area contributed by atoms with Gasteiger partial charge >= 0.3 is 0 Å². The zero-order valence-electron chi connectivity index (χ0n) is 12.0. The lowest BCUT2D eigenvalue weighted by Crippen LogP contribution is -2.36. The quantitative estimate of drug-likeness (QED) is 0.697. The Kier molecular flexibility index (Phi) is 4.22. The molecular weight excluding hydrogens is 300 g/mol. The summed E-state index contributed by atoms with van der Waals surface area (Å²) in [7, 11) is 0. The van der Waals surface area contributed by atoms with Gasteiger partial charge in [0, 0.05) is 28.5 Å². The molecule has 1 aliphatic rings. The van der Waals surface area contributed by atoms with E-state index in [0.29, 0.717) is 5.75 Å². The Morgan fingerprint density at radius 1 is 1.43 bits per heavy atom. The van der Waals surface area contributed by atoms with Crippen LogP contribution in [-0.2, 0) is 17.8 Å². The molecule has 5 heteroatoms. The molecule has 2 heterocycles. The van der Waals surface area contributed by atoms with Gasteiger partial charge in [-0.3, -0.25) is 4.79 Å². The van der Waals surface area contributed by atoms with Gasteiger partial charge in [-0.25, -0.2) is 0 Å². The number of rotatable bonds is 3. The number of fused-ring (bicyclic) bond motifs is 1. The Balaban J connectivity index is 1.58. The lowest BCUT2D eigenvalue weighted by atomic mass is 10.1. The van der Waals surface area contributed by atoms with Crippen LogP contribution in [0.15, 0.2) is 34.5 Å². The summed E-state index contributed by atoms with van der Waals surface area (Å²) >= 11 is 3.38. The van der Waals surface area contributed by atoms with Crippen LogP contribution < -0.4 is 5.73 Å². The molecule has 0 spiro atoms. The van der Waals surface area contributed by atoms with E-state index in [1.54, 1.807) is 23.1 Å². The summed E-state index contributed by atoms with van der Waals surface area (Å²) in [6.07, 6.45) is 0.990. The van der Waals surface area contributed by atoms with Crippen LogP contribution in [0.3, 0.4) is 0 Å². The molecule has 0 unspecified atom stereocenters. The van der Waals surface area contributed by atoms with E-state index in [1.165, 1.54) is 10.4 Å². The largest absolute Gasteiger partial charge is 0.399 e. The normalized spacial score (nSPS) is 14.0. The number of benzene rings is 1. The third-order valence-corrected chi connectivity index (χ3v) is 5.77. The third kappa shape index (κ3) is 3.24. The number of thioether (sulfide) groups is 1. The van der Waals surface area contributed by atoms with Gasteiger partial charge in [0.05, 0.1) is 5.75 Å². The molecule has 2 N–H and O–H groups in total. The molecule has 0 saturated carbocycles. The van der Waals surface area contributed by atoms with Gasteiger partial charge < -0.3 is 10.6 Å². The number of hydrogen-bond donors (Lipinski definition) is 1. The highest BCUT2D eigenvalue weighted by molar-refractivity contribution is 8.00. The molecule has 1 aromatic carbocycles. The Labute approximate surface area is 133 Å². The standard InChI is InChI=1S/C16H18N2OS2/c1-11-8-13(2-3-14(11)17)21-10-16(19)18-6-4-15-12(9-18)5-7-20-15/h2-3,5,7-8H,4,6,9-10,17H2,1H3. The van der Waals surface area contributed by atoms with Crippen molar-refractivity contribution in [1.29, 1.82) is 0 Å². The first-order valence-electron chi connectivity index (χ1n) is 6.95. The monoisotopic (exact) mass is 318 g/mol. The molecule has 1 amide bonds. The average Bonchev–Trinajstić information content (AvgIpc) is 2.95. The van der Waals surface area contributed by atoms with Gasteiger partial charge in [0.25, 0.3) is 0 Å². The minimum atomic E-state index is 0.214. The van der Waals surface area contributed by atoms with E-state index in [1.807, 2.05) is 30.0 Å². The SMILES string of the molecule is Cc1cc(SCC(=O)N2CCc3sccc3C2)ccc1N. The van der Waals surface area contributed by atoms with E-state index in [-0.39, 0.29) is 5.91 Å². The van der Waals surface area contributed by atoms with Crippen molar-refractivity contribution in [2.24, 2.45) is 0 Å². The van der Waals surface area contributed by atoms with Crippen molar-refractivity contribution >= 4 is 34.7 Å². The maximum atomic E-state index is 12.3. The van der Waals surface area contributed by atoms with Crippen LogP contribution in [0.4, 0.5) is 5.69 Å². The number of nitrogens with zero attached hydrogens (tertiary/aromatic N) is 1. The van der Waals surface area contributed by atoms with Crippen molar-refractivity contribution in [1.82, 2.24) is 4.90 Å². The summed E-state index contributed by atoms with van der Waals surface area (Å²) in [5.41, 5.74) is 8.99. The fourth-order valence-corrected chi connectivity index (χ4v) is 4.22. The van der Waals surface area contributed by atoms with Crippen molar-refractivity contribution in [3.63, 3.8) is 0 Å². The molecule has 3 nitrogen and oxygen atoms in total. The number of amides is 1. The number of hydrogen-bond acceptors (Lipinski definition) is 4. The molecule has 0 saturated heterocycles. The van der Waals surface area contributed by atoms with Crippen LogP contribution >= 0.6 is 23.1 Å². The Bertz CT molecular complexity index is 666. The maximum absolute atomic E-state index is 12.3. The Morgan fingerprint density at radius 2 is 2.29 bits per heavy atom. The maximum Gasteiger partial charge on any atom is 0.233 e. The molecule has 3 rings (SSSR count). The number of anilines is 1. The van der Waals surface area contributed by atoms with Gasteiger partial charge in [-0.1, -0.05) is 0 Å². The van der Waals surface area contributed by atoms with Crippen molar-refractivity contribution in [2.75, 3.05) is 18.0 Å². The van der Waals surface area contributed by atoms with Crippen LogP contribution in [0.1, 0.15) is 16.0 Å². The van der Waals surface area contributed by atoms with E-state index >= 15 is 0 Å². The highest BCUT2D eigenvalue weighted by atomic mass is 32.2. The first-order valence-corrected chi connectivity index (χ1v) is 8.82. The van der Waals surface area contributed by atoms with E-state index in [0.717, 1.165) is 35.7 Å². The first kappa shape index (κ1) is 14.5. The van der Waals surface area contributed by atoms with E-state index < -0.39 is 0 Å². The second-order valence-electron chi connectivity index (χ2n) is 5.24. The molecule has 0 aliphatic carbocycles. The lowest BCUT2D eigenvalue weighted by molar-refractivity contribution is -0.129. The van der Waals surface area contributed by atoms with Gasteiger partial charge in [-0.05, 0) is 54.1 Å². The smallest absolute Gasteiger partial charge is 0.233 e. The number of carbonyl (C=O) groups excluding carboxylic acids is 1. The molecule has 0 bridgehead atoms. The Hall–Kier alpha value is -1.46. The summed E-state index contributed by atoms with van der Waals surface area (Å²) < 4.78 is 0. The molecule has 110 valence electrons.